The summed E-state index contributed by atoms with van der Waals surface area (Å²) in [5.41, 5.74) is 11.8. The molecule has 0 bridgehead atoms. The summed E-state index contributed by atoms with van der Waals surface area (Å²) in [6.07, 6.45) is 43.4. The van der Waals surface area contributed by atoms with Crippen molar-refractivity contribution in [2.75, 3.05) is 26.4 Å². The lowest BCUT2D eigenvalue weighted by Gasteiger charge is -2.12. The predicted molar refractivity (Wildman–Crippen MR) is 283 cm³/mol. The van der Waals surface area contributed by atoms with Gasteiger partial charge in [-0.3, -0.25) is 0 Å². The molecule has 2 nitrogen and oxygen atoms in total. The van der Waals surface area contributed by atoms with Gasteiger partial charge in [-0.15, -0.1) is 0 Å². The van der Waals surface area contributed by atoms with Gasteiger partial charge >= 0.3 is 0 Å². The van der Waals surface area contributed by atoms with Crippen LogP contribution in [0.1, 0.15) is 239 Å². The molecule has 2 atom stereocenters. The van der Waals surface area contributed by atoms with Gasteiger partial charge in [0.2, 0.25) is 0 Å². The normalized spacial score (nSPS) is 14.3. The Bertz CT molecular complexity index is 1210. The summed E-state index contributed by atoms with van der Waals surface area (Å²) in [5.74, 6) is 3.23. The van der Waals surface area contributed by atoms with Crippen molar-refractivity contribution in [1.82, 2.24) is 0 Å². The fourth-order valence-electron chi connectivity index (χ4n) is 7.15. The van der Waals surface area contributed by atoms with E-state index in [0.29, 0.717) is 0 Å². The molecule has 0 amide bonds. The van der Waals surface area contributed by atoms with Gasteiger partial charge in [0.15, 0.2) is 0 Å². The Kier molecular flexibility index (Phi) is 42.7. The smallest absolute Gasteiger partial charge is 0.0649 e. The summed E-state index contributed by atoms with van der Waals surface area (Å²) in [5, 5.41) is 0. The first-order valence-electron chi connectivity index (χ1n) is 25.8. The molecule has 0 saturated carbocycles. The quantitative estimate of drug-likeness (QED) is 0.0462. The first-order chi connectivity index (χ1) is 29.4. The maximum Gasteiger partial charge on any atom is 0.0649 e. The van der Waals surface area contributed by atoms with Crippen LogP contribution in [0.2, 0.25) is 0 Å². The van der Waals surface area contributed by atoms with Crippen molar-refractivity contribution in [3.63, 3.8) is 0 Å². The van der Waals surface area contributed by atoms with Crippen LogP contribution in [0.5, 0.6) is 0 Å². The third kappa shape index (κ3) is 48.9. The molecule has 0 unspecified atom stereocenters. The number of hydrogen-bond acceptors (Lipinski definition) is 2. The first kappa shape index (κ1) is 61.9. The van der Waals surface area contributed by atoms with Gasteiger partial charge in [-0.2, -0.15) is 0 Å². The molecule has 0 saturated heterocycles. The highest BCUT2D eigenvalue weighted by Gasteiger charge is 2.05. The van der Waals surface area contributed by atoms with E-state index in [1.165, 1.54) is 147 Å². The molecule has 2 heteroatoms. The maximum absolute atomic E-state index is 5.84. The number of allylic oxidation sites excluding steroid dienone is 14. The fraction of sp³-hybridized carbons (Fsp3) is 0.733. The van der Waals surface area contributed by atoms with Crippen molar-refractivity contribution in [1.29, 1.82) is 0 Å². The molecule has 0 aromatic rings. The van der Waals surface area contributed by atoms with Gasteiger partial charge in [0.05, 0.1) is 13.2 Å². The lowest BCUT2D eigenvalue weighted by atomic mass is 9.98. The van der Waals surface area contributed by atoms with Gasteiger partial charge in [0, 0.05) is 13.2 Å². The maximum atomic E-state index is 5.84. The highest BCUT2D eigenvalue weighted by atomic mass is 16.5. The van der Waals surface area contributed by atoms with E-state index in [-0.39, 0.29) is 0 Å². The molecular weight excluding hydrogens is 753 g/mol. The van der Waals surface area contributed by atoms with E-state index in [2.05, 4.69) is 159 Å². The average Bonchev–Trinajstić information content (AvgIpc) is 3.17. The van der Waals surface area contributed by atoms with E-state index in [0.717, 1.165) is 75.8 Å². The second-order valence-corrected chi connectivity index (χ2v) is 20.7. The SMILES string of the molecule is CC(C)=CCC/C(C)=C/CC/C(C)=C/CC/C(C)=C/COCC[C@@H](C)CCCC(C)C.CC(C)=CCC/C(C)=C/CC/C(C)=C/CC/C(C)=C/COCC[C@H](C)CCCC(C)C. The van der Waals surface area contributed by atoms with E-state index in [1.54, 1.807) is 0 Å². The summed E-state index contributed by atoms with van der Waals surface area (Å²) in [6.45, 7) is 39.6. The summed E-state index contributed by atoms with van der Waals surface area (Å²) in [7, 11) is 0. The molecule has 0 spiro atoms. The monoisotopic (exact) mass is 861 g/mol. The zero-order valence-electron chi connectivity index (χ0n) is 44.7. The fourth-order valence-corrected chi connectivity index (χ4v) is 7.15. The minimum Gasteiger partial charge on any atom is -0.377 e. The Morgan fingerprint density at radius 3 is 0.839 bits per heavy atom. The Balaban J connectivity index is 0. The van der Waals surface area contributed by atoms with Crippen molar-refractivity contribution >= 4 is 0 Å². The van der Waals surface area contributed by atoms with Crippen molar-refractivity contribution in [2.45, 2.75) is 239 Å². The van der Waals surface area contributed by atoms with E-state index in [9.17, 15) is 0 Å². The first-order valence-corrected chi connectivity index (χ1v) is 25.8. The topological polar surface area (TPSA) is 18.5 Å². The van der Waals surface area contributed by atoms with Gasteiger partial charge in [-0.25, -0.2) is 0 Å². The van der Waals surface area contributed by atoms with Crippen molar-refractivity contribution in [3.05, 3.63) is 93.2 Å². The summed E-state index contributed by atoms with van der Waals surface area (Å²) in [4.78, 5) is 0. The molecule has 0 N–H and O–H groups in total. The number of rotatable bonds is 36. The van der Waals surface area contributed by atoms with Gasteiger partial charge in [-0.05, 0) is 183 Å². The summed E-state index contributed by atoms with van der Waals surface area (Å²) >= 11 is 0. The lowest BCUT2D eigenvalue weighted by molar-refractivity contribution is 0.145. The average molecular weight is 862 g/mol. The van der Waals surface area contributed by atoms with Crippen LogP contribution in [0.25, 0.3) is 0 Å². The molecule has 0 aromatic carbocycles. The third-order valence-electron chi connectivity index (χ3n) is 11.9. The van der Waals surface area contributed by atoms with Crippen molar-refractivity contribution in [3.8, 4) is 0 Å². The van der Waals surface area contributed by atoms with Crippen LogP contribution in [0.3, 0.4) is 0 Å². The Morgan fingerprint density at radius 1 is 0.323 bits per heavy atom. The lowest BCUT2D eigenvalue weighted by Crippen LogP contribution is -2.03. The highest BCUT2D eigenvalue weighted by molar-refractivity contribution is 5.08. The minimum absolute atomic E-state index is 0.768. The summed E-state index contributed by atoms with van der Waals surface area (Å²) < 4.78 is 11.7. The second kappa shape index (κ2) is 42.8. The van der Waals surface area contributed by atoms with Crippen molar-refractivity contribution in [2.24, 2.45) is 23.7 Å². The third-order valence-corrected chi connectivity index (χ3v) is 11.9. The van der Waals surface area contributed by atoms with Gasteiger partial charge in [0.1, 0.15) is 0 Å². The van der Waals surface area contributed by atoms with E-state index >= 15 is 0 Å². The zero-order valence-corrected chi connectivity index (χ0v) is 44.7. The van der Waals surface area contributed by atoms with Gasteiger partial charge < -0.3 is 9.47 Å². The van der Waals surface area contributed by atoms with E-state index in [4.69, 9.17) is 9.47 Å². The molecule has 0 aliphatic heterocycles. The van der Waals surface area contributed by atoms with Crippen LogP contribution in [-0.4, -0.2) is 26.4 Å². The van der Waals surface area contributed by atoms with Crippen LogP contribution in [0, 0.1) is 23.7 Å². The van der Waals surface area contributed by atoms with Crippen LogP contribution in [-0.2, 0) is 9.47 Å². The largest absolute Gasteiger partial charge is 0.377 e. The Morgan fingerprint density at radius 2 is 0.581 bits per heavy atom. The zero-order chi connectivity index (χ0) is 47.0. The number of ether oxygens (including phenoxy) is 2. The molecule has 0 aliphatic rings. The molecule has 62 heavy (non-hydrogen) atoms. The highest BCUT2D eigenvalue weighted by Crippen LogP contribution is 2.18. The molecule has 0 radical (unpaired) electrons. The van der Waals surface area contributed by atoms with Crippen LogP contribution in [0.4, 0.5) is 0 Å². The van der Waals surface area contributed by atoms with E-state index in [1.807, 2.05) is 0 Å². The molecule has 360 valence electrons. The van der Waals surface area contributed by atoms with Crippen LogP contribution >= 0.6 is 0 Å². The molecule has 0 aromatic heterocycles. The van der Waals surface area contributed by atoms with Gasteiger partial charge in [-0.1, -0.05) is 173 Å². The second-order valence-electron chi connectivity index (χ2n) is 20.7. The summed E-state index contributed by atoms with van der Waals surface area (Å²) in [6, 6.07) is 0. The molecule has 0 aliphatic carbocycles. The van der Waals surface area contributed by atoms with Crippen LogP contribution < -0.4 is 0 Å². The molecular formula is C60H108O2. The molecule has 0 rings (SSSR count). The Labute approximate surface area is 390 Å². The minimum atomic E-state index is 0.768. The van der Waals surface area contributed by atoms with Gasteiger partial charge in [0.25, 0.3) is 0 Å². The number of hydrogen-bond donors (Lipinski definition) is 0. The molecule has 0 heterocycles. The molecule has 0 fully saturated rings. The van der Waals surface area contributed by atoms with E-state index < -0.39 is 0 Å². The Hall–Kier alpha value is -2.16. The van der Waals surface area contributed by atoms with Crippen molar-refractivity contribution < 1.29 is 9.47 Å². The standard InChI is InChI=1S/2C30H54O/c2*1-25(2)13-9-15-27(5)17-11-18-28(6)19-12-20-30(8)22-24-31-23-21-29(7)16-10-14-26(3)4/h2*13,17,19,22,26,29H,9-12,14-16,18,20-21,23-24H2,1-8H3/b2*27-17+,28-19+,30-22+/t2*29-/m10/s1. The predicted octanol–water partition coefficient (Wildman–Crippen LogP) is 20.0. The van der Waals surface area contributed by atoms with Crippen LogP contribution in [0.15, 0.2) is 93.2 Å².